The number of halogens is 1. The van der Waals surface area contributed by atoms with E-state index in [1.165, 1.54) is 12.1 Å². The first-order chi connectivity index (χ1) is 6.18. The Labute approximate surface area is 87.3 Å². The molecule has 0 saturated carbocycles. The van der Waals surface area contributed by atoms with Gasteiger partial charge in [-0.15, -0.1) is 0 Å². The van der Waals surface area contributed by atoms with Crippen LogP contribution in [-0.2, 0) is 0 Å². The molecule has 2 rings (SSSR count). The van der Waals surface area contributed by atoms with Gasteiger partial charge in [0.05, 0.1) is 0 Å². The van der Waals surface area contributed by atoms with E-state index in [1.807, 2.05) is 0 Å². The van der Waals surface area contributed by atoms with E-state index < -0.39 is 4.92 Å². The van der Waals surface area contributed by atoms with Crippen LogP contribution < -0.4 is 0 Å². The normalized spacial score (nSPS) is 10.5. The third-order valence-corrected chi connectivity index (χ3v) is 3.25. The van der Waals surface area contributed by atoms with Crippen LogP contribution in [0.15, 0.2) is 16.6 Å². The zero-order chi connectivity index (χ0) is 9.42. The van der Waals surface area contributed by atoms with Gasteiger partial charge in [-0.05, 0) is 0 Å². The fourth-order valence-corrected chi connectivity index (χ4v) is 2.87. The van der Waals surface area contributed by atoms with Gasteiger partial charge >= 0.3 is 87.2 Å². The van der Waals surface area contributed by atoms with Crippen molar-refractivity contribution in [1.82, 2.24) is 7.96 Å². The Bertz CT molecular complexity index is 484. The number of nitrogens with zero attached hydrogens (tertiary/aromatic N) is 3. The molecule has 0 saturated heterocycles. The zero-order valence-electron chi connectivity index (χ0n) is 6.10. The van der Waals surface area contributed by atoms with Crippen molar-refractivity contribution in [2.45, 2.75) is 0 Å². The van der Waals surface area contributed by atoms with Crippen molar-refractivity contribution in [2.75, 3.05) is 0 Å². The van der Waals surface area contributed by atoms with E-state index >= 15 is 0 Å². The molecule has 13 heavy (non-hydrogen) atoms. The summed E-state index contributed by atoms with van der Waals surface area (Å²) >= 11 is 3.07. The number of non-ortho nitro benzene ring substituents is 1. The van der Waals surface area contributed by atoms with Gasteiger partial charge in [0.25, 0.3) is 0 Å². The van der Waals surface area contributed by atoms with Crippen molar-refractivity contribution in [2.24, 2.45) is 0 Å². The van der Waals surface area contributed by atoms with Crippen LogP contribution in [0.4, 0.5) is 5.69 Å². The molecule has 2 aromatic rings. The molecule has 0 atom stereocenters. The second-order valence-electron chi connectivity index (χ2n) is 2.32. The molecule has 7 heteroatoms. The van der Waals surface area contributed by atoms with Crippen molar-refractivity contribution in [3.05, 3.63) is 26.7 Å². The molecule has 0 N–H and O–H groups in total. The molecule has 1 heterocycles. The molecule has 0 bridgehead atoms. The van der Waals surface area contributed by atoms with Gasteiger partial charge in [-0.3, -0.25) is 0 Å². The summed E-state index contributed by atoms with van der Waals surface area (Å²) in [4.78, 5) is 10.0. The Balaban J connectivity index is 2.77. The number of fused-ring (bicyclic) bond motifs is 1. The van der Waals surface area contributed by atoms with Gasteiger partial charge in [0.2, 0.25) is 0 Å². The Morgan fingerprint density at radius 1 is 1.46 bits per heavy atom. The third kappa shape index (κ3) is 1.50. The van der Waals surface area contributed by atoms with Crippen molar-refractivity contribution < 1.29 is 4.92 Å². The van der Waals surface area contributed by atoms with E-state index in [0.29, 0.717) is 9.99 Å². The van der Waals surface area contributed by atoms with Gasteiger partial charge in [-0.1, -0.05) is 0 Å². The summed E-state index contributed by atoms with van der Waals surface area (Å²) in [6.45, 7) is 0. The minimum atomic E-state index is -0.439. The molecular weight excluding hydrogens is 305 g/mol. The van der Waals surface area contributed by atoms with Crippen molar-refractivity contribution >= 4 is 47.6 Å². The Morgan fingerprint density at radius 2 is 2.23 bits per heavy atom. The number of rotatable bonds is 1. The Morgan fingerprint density at radius 3 is 2.92 bits per heavy atom. The van der Waals surface area contributed by atoms with Crippen molar-refractivity contribution in [3.63, 3.8) is 0 Å². The van der Waals surface area contributed by atoms with Crippen LogP contribution in [0, 0.1) is 10.1 Å². The Kier molecular flexibility index (Phi) is 2.15. The van der Waals surface area contributed by atoms with Crippen LogP contribution in [0.5, 0.6) is 0 Å². The quantitative estimate of drug-likeness (QED) is 0.453. The number of nitro benzene ring substituents is 1. The second-order valence-corrected chi connectivity index (χ2v) is 4.28. The van der Waals surface area contributed by atoms with Gasteiger partial charge < -0.3 is 0 Å². The van der Waals surface area contributed by atoms with E-state index in [-0.39, 0.29) is 20.6 Å². The fourth-order valence-electron chi connectivity index (χ4n) is 0.941. The van der Waals surface area contributed by atoms with Crippen molar-refractivity contribution in [1.29, 1.82) is 0 Å². The maximum atomic E-state index is 10.5. The van der Waals surface area contributed by atoms with Gasteiger partial charge in [0, 0.05) is 0 Å². The average molecular weight is 307 g/mol. The first-order valence-electron chi connectivity index (χ1n) is 3.24. The number of hydrogen-bond acceptors (Lipinski definition) is 4. The molecule has 0 amide bonds. The molecule has 0 radical (unpaired) electrons. The second kappa shape index (κ2) is 3.17. The molecule has 0 aliphatic heterocycles. The summed E-state index contributed by atoms with van der Waals surface area (Å²) in [6, 6.07) is 2.89. The SMILES string of the molecule is O=[N+]([O-])c1cc(Br)c2n[se]nc2c1. The number of benzene rings is 1. The average Bonchev–Trinajstić information content (AvgIpc) is 2.51. The van der Waals surface area contributed by atoms with E-state index in [0.717, 1.165) is 5.52 Å². The van der Waals surface area contributed by atoms with Crippen LogP contribution in [0.25, 0.3) is 11.0 Å². The molecule has 0 fully saturated rings. The summed E-state index contributed by atoms with van der Waals surface area (Å²) in [5.74, 6) is 0. The molecule has 1 aromatic carbocycles. The van der Waals surface area contributed by atoms with E-state index in [2.05, 4.69) is 23.9 Å². The van der Waals surface area contributed by atoms with E-state index in [9.17, 15) is 10.1 Å². The first kappa shape index (κ1) is 8.80. The van der Waals surface area contributed by atoms with Crippen LogP contribution in [0.3, 0.4) is 0 Å². The first-order valence-corrected chi connectivity index (χ1v) is 5.57. The summed E-state index contributed by atoms with van der Waals surface area (Å²) in [6.07, 6.45) is 0. The molecule has 0 aliphatic carbocycles. The monoisotopic (exact) mass is 307 g/mol. The Hall–Kier alpha value is -0.781. The van der Waals surface area contributed by atoms with E-state index in [4.69, 9.17) is 0 Å². The standard InChI is InChI=1S/C6H2BrN3O2Se/c7-4-1-3(10(11)12)2-5-6(4)9-13-8-5/h1-2H. The molecule has 66 valence electrons. The number of nitro groups is 1. The predicted molar refractivity (Wildman–Crippen MR) is 50.8 cm³/mol. The molecule has 0 aliphatic rings. The van der Waals surface area contributed by atoms with Crippen LogP contribution in [0.2, 0.25) is 0 Å². The maximum absolute atomic E-state index is 10.5. The van der Waals surface area contributed by atoms with Crippen LogP contribution in [-0.4, -0.2) is 27.8 Å². The fraction of sp³-hybridized carbons (Fsp3) is 0. The molecule has 0 spiro atoms. The van der Waals surface area contributed by atoms with Gasteiger partial charge in [-0.2, -0.15) is 0 Å². The molecule has 0 unspecified atom stereocenters. The molecular formula is C6H2BrN3O2Se. The van der Waals surface area contributed by atoms with Crippen molar-refractivity contribution in [3.8, 4) is 0 Å². The van der Waals surface area contributed by atoms with Gasteiger partial charge in [0.15, 0.2) is 0 Å². The zero-order valence-corrected chi connectivity index (χ0v) is 9.40. The topological polar surface area (TPSA) is 68.9 Å². The molecule has 1 aromatic heterocycles. The number of aromatic nitrogens is 2. The predicted octanol–water partition coefficient (Wildman–Crippen LogP) is 1.36. The van der Waals surface area contributed by atoms with Gasteiger partial charge in [0.1, 0.15) is 0 Å². The van der Waals surface area contributed by atoms with Gasteiger partial charge in [-0.25, -0.2) is 0 Å². The van der Waals surface area contributed by atoms with Crippen LogP contribution >= 0.6 is 15.9 Å². The number of hydrogen-bond donors (Lipinski definition) is 0. The summed E-state index contributed by atoms with van der Waals surface area (Å²) in [5, 5.41) is 10.5. The summed E-state index contributed by atoms with van der Waals surface area (Å²) < 4.78 is 8.83. The van der Waals surface area contributed by atoms with E-state index in [1.54, 1.807) is 0 Å². The third-order valence-electron chi connectivity index (χ3n) is 1.51. The minimum absolute atomic E-state index is 0.0438. The summed E-state index contributed by atoms with van der Waals surface area (Å²) in [7, 11) is 0. The molecule has 5 nitrogen and oxygen atoms in total. The van der Waals surface area contributed by atoms with Crippen LogP contribution in [0.1, 0.15) is 0 Å². The summed E-state index contributed by atoms with van der Waals surface area (Å²) in [5.41, 5.74) is 1.38.